The van der Waals surface area contributed by atoms with Gasteiger partial charge in [0.15, 0.2) is 5.78 Å². The molecule has 0 aliphatic carbocycles. The highest BCUT2D eigenvalue weighted by atomic mass is 32.1. The molecule has 3 heterocycles. The van der Waals surface area contributed by atoms with Crippen molar-refractivity contribution in [1.82, 2.24) is 9.80 Å². The molecule has 7 rings (SSSR count). The Kier molecular flexibility index (Phi) is 10.7. The number of fused-ring (bicyclic) bond motifs is 1. The average molecular weight is 677 g/mol. The summed E-state index contributed by atoms with van der Waals surface area (Å²) >= 11 is 1.63. The quantitative estimate of drug-likeness (QED) is 0.132. The van der Waals surface area contributed by atoms with E-state index < -0.39 is 0 Å². The van der Waals surface area contributed by atoms with Crippen LogP contribution in [-0.2, 0) is 24.3 Å². The third kappa shape index (κ3) is 7.74. The number of ether oxygens (including phenoxy) is 3. The number of benzene rings is 4. The van der Waals surface area contributed by atoms with Crippen molar-refractivity contribution < 1.29 is 24.1 Å². The van der Waals surface area contributed by atoms with Crippen molar-refractivity contribution in [1.29, 1.82) is 0 Å². The Morgan fingerprint density at radius 1 is 0.939 bits per heavy atom. The van der Waals surface area contributed by atoms with E-state index in [1.165, 1.54) is 5.56 Å². The predicted octanol–water partition coefficient (Wildman–Crippen LogP) is 7.22. The van der Waals surface area contributed by atoms with Gasteiger partial charge < -0.3 is 19.3 Å². The Morgan fingerprint density at radius 2 is 1.76 bits per heavy atom. The molecule has 0 bridgehead atoms. The zero-order valence-electron chi connectivity index (χ0n) is 28.1. The van der Waals surface area contributed by atoms with Crippen molar-refractivity contribution in [2.24, 2.45) is 0 Å². The van der Waals surface area contributed by atoms with Gasteiger partial charge in [0, 0.05) is 63.9 Å². The van der Waals surface area contributed by atoms with Gasteiger partial charge in [-0.25, -0.2) is 0 Å². The van der Waals surface area contributed by atoms with Crippen molar-refractivity contribution in [3.8, 4) is 21.9 Å². The number of likely N-dealkylation sites (tertiary alicyclic amines) is 1. The molecule has 8 heteroatoms. The fourth-order valence-electron chi connectivity index (χ4n) is 6.99. The summed E-state index contributed by atoms with van der Waals surface area (Å²) < 4.78 is 18.5. The van der Waals surface area contributed by atoms with E-state index in [4.69, 9.17) is 14.2 Å². The molecule has 0 unspecified atom stereocenters. The van der Waals surface area contributed by atoms with Crippen LogP contribution in [0.25, 0.3) is 20.5 Å². The molecule has 1 atom stereocenters. The molecule has 2 aliphatic heterocycles. The van der Waals surface area contributed by atoms with E-state index in [0.717, 1.165) is 108 Å². The standard InChI is InChI=1S/C41H44N2O5S/c1-46-37-24-32(13-14-33(37)26-42-20-22-47-23-21-42)40(45)39-36-16-15-35(48-28-30-6-3-2-4-7-30)25-38(36)49-41(39)31-11-9-29(10-12-31)17-19-43-18-5-8-34(43)27-44/h2-4,6-7,9-16,24-25,34,44H,5,8,17-23,26-28H2,1H3/t34-/m1/s1. The molecule has 0 radical (unpaired) electrons. The molecule has 2 aliphatic rings. The lowest BCUT2D eigenvalue weighted by atomic mass is 9.96. The number of carbonyl (C=O) groups excluding carboxylic acids is 1. The highest BCUT2D eigenvalue weighted by Crippen LogP contribution is 2.42. The summed E-state index contributed by atoms with van der Waals surface area (Å²) in [5.41, 5.74) is 5.74. The number of morpholine rings is 1. The maximum atomic E-state index is 14.5. The fraction of sp³-hybridized carbons (Fsp3) is 0.341. The molecule has 0 amide bonds. The van der Waals surface area contributed by atoms with E-state index in [1.54, 1.807) is 18.4 Å². The number of nitrogens with zero attached hydrogens (tertiary/aromatic N) is 2. The molecular formula is C41H44N2O5S. The molecule has 4 aromatic carbocycles. The molecule has 1 aromatic heterocycles. The van der Waals surface area contributed by atoms with Gasteiger partial charge >= 0.3 is 0 Å². The Morgan fingerprint density at radius 3 is 2.53 bits per heavy atom. The monoisotopic (exact) mass is 676 g/mol. The number of carbonyl (C=O) groups is 1. The van der Waals surface area contributed by atoms with Crippen LogP contribution in [0.4, 0.5) is 0 Å². The van der Waals surface area contributed by atoms with Crippen molar-refractivity contribution in [2.45, 2.75) is 38.5 Å². The van der Waals surface area contributed by atoms with Gasteiger partial charge in [0.1, 0.15) is 18.1 Å². The zero-order chi connectivity index (χ0) is 33.6. The Labute approximate surface area is 292 Å². The van der Waals surface area contributed by atoms with Crippen LogP contribution in [0, 0.1) is 0 Å². The van der Waals surface area contributed by atoms with E-state index in [2.05, 4.69) is 52.3 Å². The lowest BCUT2D eigenvalue weighted by Gasteiger charge is -2.27. The van der Waals surface area contributed by atoms with Crippen LogP contribution in [-0.4, -0.2) is 79.8 Å². The van der Waals surface area contributed by atoms with Crippen LogP contribution in [0.5, 0.6) is 11.5 Å². The van der Waals surface area contributed by atoms with Gasteiger partial charge in [-0.2, -0.15) is 0 Å². The largest absolute Gasteiger partial charge is 0.496 e. The van der Waals surface area contributed by atoms with Gasteiger partial charge in [-0.1, -0.05) is 66.7 Å². The molecule has 7 nitrogen and oxygen atoms in total. The van der Waals surface area contributed by atoms with Crippen LogP contribution in [0.2, 0.25) is 0 Å². The fourth-order valence-corrected chi connectivity index (χ4v) is 8.22. The lowest BCUT2D eigenvalue weighted by molar-refractivity contribution is 0.0339. The zero-order valence-corrected chi connectivity index (χ0v) is 28.9. The molecule has 2 saturated heterocycles. The first-order chi connectivity index (χ1) is 24.1. The van der Waals surface area contributed by atoms with Gasteiger partial charge in [0.2, 0.25) is 0 Å². The number of ketones is 1. The predicted molar refractivity (Wildman–Crippen MR) is 196 cm³/mol. The van der Waals surface area contributed by atoms with Gasteiger partial charge in [-0.3, -0.25) is 14.6 Å². The topological polar surface area (TPSA) is 71.5 Å². The number of hydrogen-bond donors (Lipinski definition) is 1. The molecule has 5 aromatic rings. The first kappa shape index (κ1) is 33.4. The van der Waals surface area contributed by atoms with Crippen molar-refractivity contribution >= 4 is 27.2 Å². The molecule has 254 valence electrons. The first-order valence-electron chi connectivity index (χ1n) is 17.3. The average Bonchev–Trinajstić information content (AvgIpc) is 3.78. The molecular weight excluding hydrogens is 633 g/mol. The van der Waals surface area contributed by atoms with Crippen LogP contribution >= 0.6 is 11.3 Å². The molecule has 0 spiro atoms. The SMILES string of the molecule is COc1cc(C(=O)c2c(-c3ccc(CCN4CCC[C@@H]4CO)cc3)sc3cc(OCc4ccccc4)ccc23)ccc1CN1CCOCC1. The second kappa shape index (κ2) is 15.7. The Bertz CT molecular complexity index is 1870. The van der Waals surface area contributed by atoms with Gasteiger partial charge in [0.05, 0.1) is 26.9 Å². The Hall–Kier alpha value is -4.05. The summed E-state index contributed by atoms with van der Waals surface area (Å²) in [6, 6.07) is 30.9. The van der Waals surface area contributed by atoms with Crippen molar-refractivity contribution in [2.75, 3.05) is 53.1 Å². The van der Waals surface area contributed by atoms with Crippen molar-refractivity contribution in [3.05, 3.63) is 119 Å². The summed E-state index contributed by atoms with van der Waals surface area (Å²) in [6.45, 7) is 6.67. The Balaban J connectivity index is 1.19. The van der Waals surface area contributed by atoms with Gasteiger partial charge in [-0.15, -0.1) is 11.3 Å². The minimum Gasteiger partial charge on any atom is -0.496 e. The molecule has 49 heavy (non-hydrogen) atoms. The number of hydrogen-bond acceptors (Lipinski definition) is 8. The van der Waals surface area contributed by atoms with Gasteiger partial charge in [0.25, 0.3) is 0 Å². The van der Waals surface area contributed by atoms with Crippen LogP contribution in [0.15, 0.2) is 91.0 Å². The summed E-state index contributed by atoms with van der Waals surface area (Å²) in [5.74, 6) is 1.47. The van der Waals surface area contributed by atoms with E-state index in [-0.39, 0.29) is 18.4 Å². The third-order valence-corrected chi connectivity index (χ3v) is 11.0. The minimum absolute atomic E-state index is 0.0245. The van der Waals surface area contributed by atoms with Crippen LogP contribution in [0.3, 0.4) is 0 Å². The van der Waals surface area contributed by atoms with E-state index in [1.807, 2.05) is 48.5 Å². The minimum atomic E-state index is -0.0245. The second-order valence-electron chi connectivity index (χ2n) is 12.9. The summed E-state index contributed by atoms with van der Waals surface area (Å²) in [6.07, 6.45) is 3.14. The molecule has 1 N–H and O–H groups in total. The van der Waals surface area contributed by atoms with Crippen LogP contribution < -0.4 is 9.47 Å². The summed E-state index contributed by atoms with van der Waals surface area (Å²) in [7, 11) is 1.67. The smallest absolute Gasteiger partial charge is 0.195 e. The summed E-state index contributed by atoms with van der Waals surface area (Å²) in [5, 5.41) is 10.6. The maximum absolute atomic E-state index is 14.5. The molecule has 2 fully saturated rings. The van der Waals surface area contributed by atoms with E-state index in [0.29, 0.717) is 17.7 Å². The lowest BCUT2D eigenvalue weighted by Crippen LogP contribution is -2.35. The third-order valence-electron chi connectivity index (χ3n) is 9.80. The highest BCUT2D eigenvalue weighted by molar-refractivity contribution is 7.22. The highest BCUT2D eigenvalue weighted by Gasteiger charge is 2.25. The summed E-state index contributed by atoms with van der Waals surface area (Å²) in [4.78, 5) is 20.2. The number of rotatable bonds is 13. The number of aliphatic hydroxyl groups is 1. The molecule has 0 saturated carbocycles. The van der Waals surface area contributed by atoms with Crippen molar-refractivity contribution in [3.63, 3.8) is 0 Å². The maximum Gasteiger partial charge on any atom is 0.195 e. The number of thiophene rings is 1. The van der Waals surface area contributed by atoms with E-state index in [9.17, 15) is 9.90 Å². The van der Waals surface area contributed by atoms with Crippen LogP contribution in [0.1, 0.15) is 45.5 Å². The normalized spacial score (nSPS) is 17.1. The van der Waals surface area contributed by atoms with E-state index >= 15 is 0 Å². The number of aliphatic hydroxyl groups excluding tert-OH is 1. The second-order valence-corrected chi connectivity index (χ2v) is 14.0. The first-order valence-corrected chi connectivity index (χ1v) is 18.1. The van der Waals surface area contributed by atoms with Gasteiger partial charge in [-0.05, 0) is 66.8 Å². The number of methoxy groups -OCH3 is 1.